The Morgan fingerprint density at radius 1 is 1.54 bits per heavy atom. The number of ether oxygens (including phenoxy) is 1. The van der Waals surface area contributed by atoms with Gasteiger partial charge < -0.3 is 14.6 Å². The van der Waals surface area contributed by atoms with Gasteiger partial charge >= 0.3 is 0 Å². The van der Waals surface area contributed by atoms with Gasteiger partial charge in [-0.3, -0.25) is 0 Å². The summed E-state index contributed by atoms with van der Waals surface area (Å²) in [7, 11) is 0. The van der Waals surface area contributed by atoms with Crippen molar-refractivity contribution in [1.82, 2.24) is 10.5 Å². The Bertz CT molecular complexity index is 199. The van der Waals surface area contributed by atoms with E-state index >= 15 is 0 Å². The van der Waals surface area contributed by atoms with Crippen LogP contribution in [-0.4, -0.2) is 24.9 Å². The zero-order chi connectivity index (χ0) is 9.36. The number of rotatable bonds is 7. The predicted octanol–water partition coefficient (Wildman–Crippen LogP) is 1.19. The lowest BCUT2D eigenvalue weighted by Gasteiger charge is -2.02. The summed E-state index contributed by atoms with van der Waals surface area (Å²) >= 11 is 0. The molecule has 13 heavy (non-hydrogen) atoms. The Balaban J connectivity index is 1.90. The lowest BCUT2D eigenvalue weighted by Crippen LogP contribution is -2.20. The van der Waals surface area contributed by atoms with E-state index in [2.05, 4.69) is 17.4 Å². The van der Waals surface area contributed by atoms with Crippen molar-refractivity contribution < 1.29 is 9.26 Å². The second-order valence-electron chi connectivity index (χ2n) is 2.78. The molecule has 0 atom stereocenters. The van der Waals surface area contributed by atoms with Gasteiger partial charge in [-0.25, -0.2) is 0 Å². The maximum absolute atomic E-state index is 5.33. The highest BCUT2D eigenvalue weighted by atomic mass is 16.5. The van der Waals surface area contributed by atoms with Crippen molar-refractivity contribution >= 4 is 0 Å². The molecule has 0 saturated carbocycles. The molecule has 0 saturated heterocycles. The van der Waals surface area contributed by atoms with Crippen LogP contribution in [0.15, 0.2) is 16.8 Å². The molecule has 0 radical (unpaired) electrons. The van der Waals surface area contributed by atoms with Crippen molar-refractivity contribution in [3.8, 4) is 0 Å². The summed E-state index contributed by atoms with van der Waals surface area (Å²) in [4.78, 5) is 0. The number of nitrogens with one attached hydrogen (secondary N) is 1. The second kappa shape index (κ2) is 6.62. The van der Waals surface area contributed by atoms with Crippen LogP contribution >= 0.6 is 0 Å². The van der Waals surface area contributed by atoms with E-state index in [4.69, 9.17) is 9.26 Å². The third kappa shape index (κ3) is 4.65. The zero-order valence-electron chi connectivity index (χ0n) is 7.95. The van der Waals surface area contributed by atoms with E-state index in [1.165, 1.54) is 0 Å². The molecule has 74 valence electrons. The molecule has 4 heteroatoms. The number of aromatic nitrogens is 1. The minimum absolute atomic E-state index is 0.508. The first-order valence-electron chi connectivity index (χ1n) is 4.61. The maximum atomic E-state index is 5.33. The van der Waals surface area contributed by atoms with Crippen LogP contribution in [0.5, 0.6) is 0 Å². The fourth-order valence-electron chi connectivity index (χ4n) is 0.935. The first-order valence-corrected chi connectivity index (χ1v) is 4.61. The van der Waals surface area contributed by atoms with Gasteiger partial charge in [0.05, 0.1) is 12.8 Å². The molecule has 0 aromatic carbocycles. The van der Waals surface area contributed by atoms with E-state index in [-0.39, 0.29) is 0 Å². The number of nitrogens with zero attached hydrogens (tertiary/aromatic N) is 1. The highest BCUT2D eigenvalue weighted by molar-refractivity contribution is 4.89. The summed E-state index contributed by atoms with van der Waals surface area (Å²) in [6, 6.07) is 1.81. The zero-order valence-corrected chi connectivity index (χ0v) is 7.95. The molecule has 0 amide bonds. The maximum Gasteiger partial charge on any atom is 0.162 e. The highest BCUT2D eigenvalue weighted by Crippen LogP contribution is 1.97. The van der Waals surface area contributed by atoms with Crippen LogP contribution in [0.25, 0.3) is 0 Å². The van der Waals surface area contributed by atoms with E-state index in [0.29, 0.717) is 13.2 Å². The molecule has 0 fully saturated rings. The van der Waals surface area contributed by atoms with Crippen LogP contribution in [0.1, 0.15) is 19.1 Å². The van der Waals surface area contributed by atoms with Gasteiger partial charge in [0.1, 0.15) is 6.61 Å². The molecule has 1 N–H and O–H groups in total. The average Bonchev–Trinajstić information content (AvgIpc) is 2.63. The summed E-state index contributed by atoms with van der Waals surface area (Å²) < 4.78 is 10.2. The Hall–Kier alpha value is -0.870. The third-order valence-electron chi connectivity index (χ3n) is 1.59. The largest absolute Gasteiger partial charge is 0.372 e. The van der Waals surface area contributed by atoms with Crippen LogP contribution in [0.2, 0.25) is 0 Å². The first-order chi connectivity index (χ1) is 6.43. The van der Waals surface area contributed by atoms with Crippen LogP contribution in [0.4, 0.5) is 0 Å². The lowest BCUT2D eigenvalue weighted by atomic mass is 10.5. The van der Waals surface area contributed by atoms with E-state index in [1.54, 1.807) is 12.3 Å². The fraction of sp³-hybridized carbons (Fsp3) is 0.667. The smallest absolute Gasteiger partial charge is 0.162 e. The molecule has 1 aromatic heterocycles. The summed E-state index contributed by atoms with van der Waals surface area (Å²) in [5.74, 6) is 0.774. The molecule has 0 aliphatic carbocycles. The summed E-state index contributed by atoms with van der Waals surface area (Å²) in [6.07, 6.45) is 2.77. The first kappa shape index (κ1) is 10.2. The topological polar surface area (TPSA) is 47.3 Å². The monoisotopic (exact) mass is 184 g/mol. The molecule has 1 heterocycles. The van der Waals surface area contributed by atoms with Gasteiger partial charge in [0.2, 0.25) is 0 Å². The minimum atomic E-state index is 0.508. The molecule has 1 aromatic rings. The highest BCUT2D eigenvalue weighted by Gasteiger charge is 1.95. The van der Waals surface area contributed by atoms with Crippen LogP contribution < -0.4 is 5.32 Å². The van der Waals surface area contributed by atoms with Gasteiger partial charge in [-0.15, -0.1) is 0 Å². The van der Waals surface area contributed by atoms with E-state index in [9.17, 15) is 0 Å². The molecular weight excluding hydrogens is 168 g/mol. The molecular formula is C9H16N2O2. The third-order valence-corrected chi connectivity index (χ3v) is 1.59. The van der Waals surface area contributed by atoms with Gasteiger partial charge in [-0.05, 0) is 13.0 Å². The molecule has 0 aliphatic heterocycles. The van der Waals surface area contributed by atoms with Crippen molar-refractivity contribution in [2.45, 2.75) is 20.0 Å². The Morgan fingerprint density at radius 3 is 3.15 bits per heavy atom. The lowest BCUT2D eigenvalue weighted by molar-refractivity contribution is 0.103. The summed E-state index contributed by atoms with van der Waals surface area (Å²) in [5.41, 5.74) is 0. The van der Waals surface area contributed by atoms with E-state index in [0.717, 1.165) is 25.3 Å². The molecule has 0 aliphatic rings. The van der Waals surface area contributed by atoms with Gasteiger partial charge in [-0.1, -0.05) is 12.1 Å². The summed E-state index contributed by atoms with van der Waals surface area (Å²) in [5, 5.41) is 6.82. The molecule has 4 nitrogen and oxygen atoms in total. The van der Waals surface area contributed by atoms with E-state index < -0.39 is 0 Å². The van der Waals surface area contributed by atoms with Gasteiger partial charge in [-0.2, -0.15) is 0 Å². The minimum Gasteiger partial charge on any atom is -0.372 e. The Kier molecular flexibility index (Phi) is 5.20. The predicted molar refractivity (Wildman–Crippen MR) is 49.3 cm³/mol. The van der Waals surface area contributed by atoms with Gasteiger partial charge in [0.25, 0.3) is 0 Å². The van der Waals surface area contributed by atoms with Crippen molar-refractivity contribution in [2.24, 2.45) is 0 Å². The van der Waals surface area contributed by atoms with Crippen molar-refractivity contribution in [2.75, 3.05) is 19.7 Å². The van der Waals surface area contributed by atoms with Crippen molar-refractivity contribution in [3.63, 3.8) is 0 Å². The molecule has 0 bridgehead atoms. The quantitative estimate of drug-likeness (QED) is 0.647. The second-order valence-corrected chi connectivity index (χ2v) is 2.78. The fourth-order valence-corrected chi connectivity index (χ4v) is 0.935. The molecule has 0 spiro atoms. The van der Waals surface area contributed by atoms with Crippen LogP contribution in [-0.2, 0) is 11.3 Å². The SMILES string of the molecule is CCCNCCOCc1ccno1. The van der Waals surface area contributed by atoms with E-state index in [1.807, 2.05) is 0 Å². The normalized spacial score (nSPS) is 10.5. The average molecular weight is 184 g/mol. The van der Waals surface area contributed by atoms with Gasteiger partial charge in [0.15, 0.2) is 5.76 Å². The molecule has 0 unspecified atom stereocenters. The molecule has 1 rings (SSSR count). The standard InChI is InChI=1S/C9H16N2O2/c1-2-4-10-6-7-12-8-9-3-5-11-13-9/h3,5,10H,2,4,6-8H2,1H3. The summed E-state index contributed by atoms with van der Waals surface area (Å²) in [6.45, 7) is 5.30. The van der Waals surface area contributed by atoms with Gasteiger partial charge in [0, 0.05) is 12.6 Å². The Morgan fingerprint density at radius 2 is 2.46 bits per heavy atom. The van der Waals surface area contributed by atoms with Crippen molar-refractivity contribution in [1.29, 1.82) is 0 Å². The Labute approximate surface area is 78.2 Å². The number of hydrogen-bond donors (Lipinski definition) is 1. The van der Waals surface area contributed by atoms with Crippen LogP contribution in [0, 0.1) is 0 Å². The number of hydrogen-bond acceptors (Lipinski definition) is 4. The van der Waals surface area contributed by atoms with Crippen LogP contribution in [0.3, 0.4) is 0 Å². The van der Waals surface area contributed by atoms with Crippen molar-refractivity contribution in [3.05, 3.63) is 18.0 Å².